The average Bonchev–Trinajstić information content (AvgIpc) is 1.72. The highest BCUT2D eigenvalue weighted by molar-refractivity contribution is 7.93. The van der Waals surface area contributed by atoms with Gasteiger partial charge in [-0.15, -0.1) is 0 Å². The Labute approximate surface area is 88.5 Å². The number of alkyl halides is 6. The Bertz CT molecular complexity index is 331. The molecular weight excluding hydrogens is 262 g/mol. The van der Waals surface area contributed by atoms with Crippen molar-refractivity contribution in [2.24, 2.45) is 0 Å². The molecule has 0 aromatic heterocycles. The second-order valence-electron chi connectivity index (χ2n) is 4.12. The highest BCUT2D eigenvalue weighted by Crippen LogP contribution is 2.41. The standard InChI is InChI=1S/C7H10F6O2S/c1-5(2,3)16(14,15)4(6(8,9)10)7(11,12)13/h4H,1-3H3. The van der Waals surface area contributed by atoms with Gasteiger partial charge in [0.05, 0.1) is 4.75 Å². The fourth-order valence-corrected chi connectivity index (χ4v) is 2.30. The van der Waals surface area contributed by atoms with Crippen molar-refractivity contribution in [3.8, 4) is 0 Å². The molecule has 0 aliphatic rings. The third-order valence-corrected chi connectivity index (χ3v) is 4.62. The first-order valence-corrected chi connectivity index (χ1v) is 5.53. The summed E-state index contributed by atoms with van der Waals surface area (Å²) in [7, 11) is -5.40. The predicted molar refractivity (Wildman–Crippen MR) is 44.6 cm³/mol. The van der Waals surface area contributed by atoms with Gasteiger partial charge in [-0.2, -0.15) is 26.3 Å². The molecule has 9 heteroatoms. The van der Waals surface area contributed by atoms with Crippen molar-refractivity contribution in [2.75, 3.05) is 0 Å². The van der Waals surface area contributed by atoms with E-state index < -0.39 is 32.2 Å². The third kappa shape index (κ3) is 3.02. The van der Waals surface area contributed by atoms with Crippen molar-refractivity contribution < 1.29 is 34.8 Å². The van der Waals surface area contributed by atoms with E-state index in [1.807, 2.05) is 0 Å². The van der Waals surface area contributed by atoms with Gasteiger partial charge >= 0.3 is 12.4 Å². The molecule has 0 saturated heterocycles. The first-order chi connectivity index (χ1) is 6.62. The number of hydrogen-bond acceptors (Lipinski definition) is 2. The zero-order chi connectivity index (χ0) is 13.6. The van der Waals surface area contributed by atoms with Crippen molar-refractivity contribution in [3.63, 3.8) is 0 Å². The quantitative estimate of drug-likeness (QED) is 0.688. The predicted octanol–water partition coefficient (Wildman–Crippen LogP) is 2.69. The zero-order valence-corrected chi connectivity index (χ0v) is 9.39. The molecule has 0 amide bonds. The van der Waals surface area contributed by atoms with Gasteiger partial charge in [0.25, 0.3) is 5.25 Å². The van der Waals surface area contributed by atoms with E-state index in [0.29, 0.717) is 0 Å². The molecular formula is C7H10F6O2S. The maximum Gasteiger partial charge on any atom is 0.414 e. The molecule has 0 unspecified atom stereocenters. The van der Waals surface area contributed by atoms with E-state index >= 15 is 0 Å². The summed E-state index contributed by atoms with van der Waals surface area (Å²) < 4.78 is 93.1. The van der Waals surface area contributed by atoms with Crippen LogP contribution in [0.2, 0.25) is 0 Å². The lowest BCUT2D eigenvalue weighted by Crippen LogP contribution is -2.53. The monoisotopic (exact) mass is 272 g/mol. The van der Waals surface area contributed by atoms with E-state index in [4.69, 9.17) is 0 Å². The van der Waals surface area contributed by atoms with Crippen LogP contribution in [0.3, 0.4) is 0 Å². The lowest BCUT2D eigenvalue weighted by atomic mass is 10.3. The molecule has 16 heavy (non-hydrogen) atoms. The van der Waals surface area contributed by atoms with Crippen molar-refractivity contribution >= 4 is 9.84 Å². The van der Waals surface area contributed by atoms with E-state index in [0.717, 1.165) is 20.8 Å². The average molecular weight is 272 g/mol. The molecule has 0 aliphatic carbocycles. The summed E-state index contributed by atoms with van der Waals surface area (Å²) in [5.41, 5.74) is 0. The molecule has 0 bridgehead atoms. The van der Waals surface area contributed by atoms with Crippen LogP contribution in [0.25, 0.3) is 0 Å². The maximum atomic E-state index is 12.1. The highest BCUT2D eigenvalue weighted by Gasteiger charge is 2.66. The summed E-state index contributed by atoms with van der Waals surface area (Å²) in [5.74, 6) is 0. The summed E-state index contributed by atoms with van der Waals surface area (Å²) in [6, 6.07) is 0. The van der Waals surface area contributed by atoms with E-state index in [-0.39, 0.29) is 0 Å². The Kier molecular flexibility index (Phi) is 3.67. The Balaban J connectivity index is 5.78. The van der Waals surface area contributed by atoms with Crippen LogP contribution in [-0.4, -0.2) is 30.8 Å². The minimum Gasteiger partial charge on any atom is -0.227 e. The van der Waals surface area contributed by atoms with Crippen LogP contribution in [0.4, 0.5) is 26.3 Å². The second-order valence-corrected chi connectivity index (χ2v) is 6.91. The van der Waals surface area contributed by atoms with E-state index in [1.54, 1.807) is 0 Å². The van der Waals surface area contributed by atoms with Gasteiger partial charge in [-0.1, -0.05) is 0 Å². The van der Waals surface area contributed by atoms with E-state index in [2.05, 4.69) is 0 Å². The number of sulfone groups is 1. The molecule has 0 atom stereocenters. The van der Waals surface area contributed by atoms with Gasteiger partial charge in [0.15, 0.2) is 9.84 Å². The molecule has 0 spiro atoms. The summed E-state index contributed by atoms with van der Waals surface area (Å²) in [6.45, 7) is 2.35. The second kappa shape index (κ2) is 3.78. The SMILES string of the molecule is CC(C)(C)S(=O)(=O)C(C(F)(F)F)C(F)(F)F. The summed E-state index contributed by atoms with van der Waals surface area (Å²) in [5, 5.41) is -4.34. The van der Waals surface area contributed by atoms with E-state index in [9.17, 15) is 34.8 Å². The van der Waals surface area contributed by atoms with Crippen LogP contribution in [0.15, 0.2) is 0 Å². The molecule has 0 aromatic rings. The van der Waals surface area contributed by atoms with Crippen LogP contribution in [0, 0.1) is 0 Å². The summed E-state index contributed by atoms with van der Waals surface area (Å²) >= 11 is 0. The molecule has 0 N–H and O–H groups in total. The molecule has 0 saturated carbocycles. The minimum absolute atomic E-state index is 0.785. The Morgan fingerprint density at radius 3 is 1.12 bits per heavy atom. The normalized spacial score (nSPS) is 15.6. The number of hydrogen-bond donors (Lipinski definition) is 0. The minimum atomic E-state index is -5.87. The van der Waals surface area contributed by atoms with Crippen molar-refractivity contribution in [3.05, 3.63) is 0 Å². The third-order valence-electron chi connectivity index (χ3n) is 1.76. The Hall–Kier alpha value is -0.470. The lowest BCUT2D eigenvalue weighted by Gasteiger charge is -2.29. The number of rotatable bonds is 1. The maximum absolute atomic E-state index is 12.1. The molecule has 0 aromatic carbocycles. The molecule has 98 valence electrons. The fourth-order valence-electron chi connectivity index (χ4n) is 0.891. The van der Waals surface area contributed by atoms with Crippen molar-refractivity contribution in [2.45, 2.75) is 43.1 Å². The van der Waals surface area contributed by atoms with Crippen molar-refractivity contribution in [1.82, 2.24) is 0 Å². The Morgan fingerprint density at radius 1 is 0.812 bits per heavy atom. The first-order valence-electron chi connectivity index (χ1n) is 3.98. The van der Waals surface area contributed by atoms with Gasteiger partial charge in [-0.3, -0.25) is 0 Å². The molecule has 0 heterocycles. The van der Waals surface area contributed by atoms with Crippen LogP contribution in [-0.2, 0) is 9.84 Å². The zero-order valence-electron chi connectivity index (χ0n) is 8.57. The van der Waals surface area contributed by atoms with Crippen LogP contribution in [0.1, 0.15) is 20.8 Å². The van der Waals surface area contributed by atoms with Gasteiger partial charge < -0.3 is 0 Å². The molecule has 0 fully saturated rings. The van der Waals surface area contributed by atoms with Crippen LogP contribution >= 0.6 is 0 Å². The largest absolute Gasteiger partial charge is 0.414 e. The van der Waals surface area contributed by atoms with Crippen LogP contribution in [0.5, 0.6) is 0 Å². The fraction of sp³-hybridized carbons (Fsp3) is 1.00. The van der Waals surface area contributed by atoms with Gasteiger partial charge in [0, 0.05) is 0 Å². The summed E-state index contributed by atoms with van der Waals surface area (Å²) in [4.78, 5) is 0. The smallest absolute Gasteiger partial charge is 0.227 e. The Morgan fingerprint density at radius 2 is 1.06 bits per heavy atom. The van der Waals surface area contributed by atoms with Gasteiger partial charge in [0.2, 0.25) is 0 Å². The number of halogens is 6. The molecule has 0 aliphatic heterocycles. The molecule has 0 radical (unpaired) electrons. The van der Waals surface area contributed by atoms with Gasteiger partial charge in [0.1, 0.15) is 0 Å². The molecule has 0 rings (SSSR count). The lowest BCUT2D eigenvalue weighted by molar-refractivity contribution is -0.226. The highest BCUT2D eigenvalue weighted by atomic mass is 32.2. The summed E-state index contributed by atoms with van der Waals surface area (Å²) in [6.07, 6.45) is -11.7. The van der Waals surface area contributed by atoms with Gasteiger partial charge in [-0.25, -0.2) is 8.42 Å². The van der Waals surface area contributed by atoms with Gasteiger partial charge in [-0.05, 0) is 20.8 Å². The topological polar surface area (TPSA) is 34.1 Å². The van der Waals surface area contributed by atoms with Crippen LogP contribution < -0.4 is 0 Å². The first kappa shape index (κ1) is 15.5. The van der Waals surface area contributed by atoms with E-state index in [1.165, 1.54) is 0 Å². The molecule has 2 nitrogen and oxygen atoms in total. The van der Waals surface area contributed by atoms with Crippen molar-refractivity contribution in [1.29, 1.82) is 0 Å².